The topological polar surface area (TPSA) is 49.4 Å². The van der Waals surface area contributed by atoms with Gasteiger partial charge in [0.25, 0.3) is 0 Å². The molecule has 1 aromatic carbocycles. The van der Waals surface area contributed by atoms with E-state index in [9.17, 15) is 21.6 Å². The summed E-state index contributed by atoms with van der Waals surface area (Å²) in [6.07, 6.45) is -4.69. The third-order valence-corrected chi connectivity index (χ3v) is 5.09. The Hall–Kier alpha value is -1.12. The number of halogens is 3. The van der Waals surface area contributed by atoms with Gasteiger partial charge in [-0.3, -0.25) is 0 Å². The van der Waals surface area contributed by atoms with Gasteiger partial charge in [-0.25, -0.2) is 8.42 Å². The van der Waals surface area contributed by atoms with Gasteiger partial charge in [0, 0.05) is 26.2 Å². The maximum atomic E-state index is 12.8. The number of hydrogen-bond acceptors (Lipinski definition) is 3. The molecule has 1 aromatic rings. The van der Waals surface area contributed by atoms with E-state index in [0.29, 0.717) is 13.1 Å². The Balaban J connectivity index is 2.46. The number of sulfonamides is 1. The third kappa shape index (κ3) is 2.60. The first-order chi connectivity index (χ1) is 8.74. The van der Waals surface area contributed by atoms with E-state index < -0.39 is 26.7 Å². The molecule has 1 aliphatic rings. The highest BCUT2D eigenvalue weighted by Gasteiger charge is 2.40. The van der Waals surface area contributed by atoms with E-state index in [0.717, 1.165) is 16.4 Å². The van der Waals surface area contributed by atoms with Crippen molar-refractivity contribution in [2.75, 3.05) is 20.1 Å². The Kier molecular flexibility index (Phi) is 3.59. The Labute approximate surface area is 109 Å². The molecule has 19 heavy (non-hydrogen) atoms. The molecule has 1 saturated heterocycles. The molecule has 0 unspecified atom stereocenters. The Morgan fingerprint density at radius 1 is 1.26 bits per heavy atom. The van der Waals surface area contributed by atoms with Gasteiger partial charge in [-0.2, -0.15) is 17.5 Å². The van der Waals surface area contributed by atoms with Crippen LogP contribution in [-0.2, 0) is 16.2 Å². The Morgan fingerprint density at radius 2 is 1.84 bits per heavy atom. The minimum atomic E-state index is -4.69. The summed E-state index contributed by atoms with van der Waals surface area (Å²) < 4.78 is 64.0. The number of alkyl halides is 3. The molecule has 4 nitrogen and oxygen atoms in total. The van der Waals surface area contributed by atoms with Crippen molar-refractivity contribution in [3.63, 3.8) is 0 Å². The fourth-order valence-corrected chi connectivity index (χ4v) is 3.37. The first kappa shape index (κ1) is 14.3. The molecule has 0 radical (unpaired) electrons. The SMILES string of the molecule is CN(C1CNC1)S(=O)(=O)c1ccccc1C(F)(F)F. The molecule has 0 spiro atoms. The lowest BCUT2D eigenvalue weighted by molar-refractivity contribution is -0.139. The predicted molar refractivity (Wildman–Crippen MR) is 63.1 cm³/mol. The van der Waals surface area contributed by atoms with Crippen LogP contribution in [0.15, 0.2) is 29.2 Å². The number of benzene rings is 1. The highest BCUT2D eigenvalue weighted by molar-refractivity contribution is 7.89. The summed E-state index contributed by atoms with van der Waals surface area (Å²) in [5, 5.41) is 2.88. The van der Waals surface area contributed by atoms with E-state index in [1.807, 2.05) is 0 Å². The second-order valence-electron chi connectivity index (χ2n) is 4.33. The lowest BCUT2D eigenvalue weighted by Gasteiger charge is -2.35. The van der Waals surface area contributed by atoms with Crippen molar-refractivity contribution in [3.8, 4) is 0 Å². The molecule has 0 aromatic heterocycles. The van der Waals surface area contributed by atoms with Crippen molar-refractivity contribution in [1.29, 1.82) is 0 Å². The lowest BCUT2D eigenvalue weighted by Crippen LogP contribution is -2.57. The second kappa shape index (κ2) is 4.77. The second-order valence-corrected chi connectivity index (χ2v) is 6.29. The molecule has 1 heterocycles. The average molecular weight is 294 g/mol. The van der Waals surface area contributed by atoms with E-state index in [-0.39, 0.29) is 6.04 Å². The van der Waals surface area contributed by atoms with E-state index in [4.69, 9.17) is 0 Å². The number of nitrogens with one attached hydrogen (secondary N) is 1. The fraction of sp³-hybridized carbons (Fsp3) is 0.455. The summed E-state index contributed by atoms with van der Waals surface area (Å²) >= 11 is 0. The molecule has 0 saturated carbocycles. The lowest BCUT2D eigenvalue weighted by atomic mass is 10.2. The van der Waals surface area contributed by atoms with Gasteiger partial charge in [0.1, 0.15) is 0 Å². The maximum Gasteiger partial charge on any atom is 0.417 e. The van der Waals surface area contributed by atoms with Crippen LogP contribution in [0.1, 0.15) is 5.56 Å². The van der Waals surface area contributed by atoms with E-state index in [2.05, 4.69) is 5.32 Å². The monoisotopic (exact) mass is 294 g/mol. The van der Waals surface area contributed by atoms with Crippen LogP contribution < -0.4 is 5.32 Å². The van der Waals surface area contributed by atoms with Gasteiger partial charge in [-0.1, -0.05) is 12.1 Å². The zero-order valence-corrected chi connectivity index (χ0v) is 10.9. The van der Waals surface area contributed by atoms with Crippen molar-refractivity contribution in [2.24, 2.45) is 0 Å². The van der Waals surface area contributed by atoms with Crippen LogP contribution in [0.4, 0.5) is 13.2 Å². The summed E-state index contributed by atoms with van der Waals surface area (Å²) in [6.45, 7) is 0.897. The predicted octanol–water partition coefficient (Wildman–Crippen LogP) is 1.30. The van der Waals surface area contributed by atoms with Crippen molar-refractivity contribution in [2.45, 2.75) is 17.1 Å². The first-order valence-electron chi connectivity index (χ1n) is 5.59. The summed E-state index contributed by atoms with van der Waals surface area (Å²) in [5.41, 5.74) is -1.13. The number of likely N-dealkylation sites (N-methyl/N-ethyl adjacent to an activating group) is 1. The van der Waals surface area contributed by atoms with Gasteiger partial charge in [-0.05, 0) is 12.1 Å². The van der Waals surface area contributed by atoms with Gasteiger partial charge in [0.2, 0.25) is 10.0 Å². The van der Waals surface area contributed by atoms with Gasteiger partial charge in [0.05, 0.1) is 10.5 Å². The smallest absolute Gasteiger partial charge is 0.313 e. The Bertz CT molecular complexity index is 568. The number of nitrogens with zero attached hydrogens (tertiary/aromatic N) is 1. The van der Waals surface area contributed by atoms with Gasteiger partial charge in [0.15, 0.2) is 0 Å². The molecule has 1 N–H and O–H groups in total. The van der Waals surface area contributed by atoms with Crippen molar-refractivity contribution in [1.82, 2.24) is 9.62 Å². The van der Waals surface area contributed by atoms with Crippen molar-refractivity contribution in [3.05, 3.63) is 29.8 Å². The van der Waals surface area contributed by atoms with Gasteiger partial charge < -0.3 is 5.32 Å². The molecule has 0 amide bonds. The molecule has 0 bridgehead atoms. The van der Waals surface area contributed by atoms with Crippen LogP contribution >= 0.6 is 0 Å². The maximum absolute atomic E-state index is 12.8. The van der Waals surface area contributed by atoms with Gasteiger partial charge >= 0.3 is 6.18 Å². The van der Waals surface area contributed by atoms with Crippen LogP contribution in [-0.4, -0.2) is 38.9 Å². The Morgan fingerprint density at radius 3 is 2.32 bits per heavy atom. The standard InChI is InChI=1S/C11H13F3N2O2S/c1-16(8-6-15-7-8)19(17,18)10-5-3-2-4-9(10)11(12,13)14/h2-5,8,15H,6-7H2,1H3. The van der Waals surface area contributed by atoms with Gasteiger partial charge in [-0.15, -0.1) is 0 Å². The molecule has 1 fully saturated rings. The molecule has 8 heteroatoms. The summed E-state index contributed by atoms with van der Waals surface area (Å²) in [7, 11) is -2.84. The van der Waals surface area contributed by atoms with Crippen LogP contribution in [0.2, 0.25) is 0 Å². The highest BCUT2D eigenvalue weighted by Crippen LogP contribution is 2.35. The minimum absolute atomic E-state index is 0.300. The number of rotatable bonds is 3. The van der Waals surface area contributed by atoms with Crippen LogP contribution in [0.25, 0.3) is 0 Å². The highest BCUT2D eigenvalue weighted by atomic mass is 32.2. The summed E-state index contributed by atoms with van der Waals surface area (Å²) in [6, 6.07) is 3.92. The average Bonchev–Trinajstić information content (AvgIpc) is 2.25. The molecular formula is C11H13F3N2O2S. The van der Waals surface area contributed by atoms with E-state index in [1.54, 1.807) is 0 Å². The van der Waals surface area contributed by atoms with E-state index in [1.165, 1.54) is 19.2 Å². The molecule has 2 rings (SSSR count). The number of hydrogen-bond donors (Lipinski definition) is 1. The molecular weight excluding hydrogens is 281 g/mol. The normalized spacial score (nSPS) is 17.5. The van der Waals surface area contributed by atoms with Crippen LogP contribution in [0, 0.1) is 0 Å². The third-order valence-electron chi connectivity index (χ3n) is 3.12. The quantitative estimate of drug-likeness (QED) is 0.914. The van der Waals surface area contributed by atoms with E-state index >= 15 is 0 Å². The van der Waals surface area contributed by atoms with Crippen LogP contribution in [0.3, 0.4) is 0 Å². The molecule has 1 aliphatic heterocycles. The molecule has 0 aliphatic carbocycles. The van der Waals surface area contributed by atoms with Crippen molar-refractivity contribution < 1.29 is 21.6 Å². The zero-order chi connectivity index (χ0) is 14.3. The van der Waals surface area contributed by atoms with Crippen LogP contribution in [0.5, 0.6) is 0 Å². The first-order valence-corrected chi connectivity index (χ1v) is 7.03. The molecule has 0 atom stereocenters. The van der Waals surface area contributed by atoms with Crippen molar-refractivity contribution >= 4 is 10.0 Å². The largest absolute Gasteiger partial charge is 0.417 e. The summed E-state index contributed by atoms with van der Waals surface area (Å²) in [4.78, 5) is -0.697. The summed E-state index contributed by atoms with van der Waals surface area (Å²) in [5.74, 6) is 0. The molecule has 106 valence electrons. The zero-order valence-electron chi connectivity index (χ0n) is 10.1. The fourth-order valence-electron chi connectivity index (χ4n) is 1.81. The minimum Gasteiger partial charge on any atom is -0.313 e.